The van der Waals surface area contributed by atoms with Crippen LogP contribution >= 0.6 is 0 Å². The lowest BCUT2D eigenvalue weighted by Crippen LogP contribution is -2.40. The molecule has 1 unspecified atom stereocenters. The average Bonchev–Trinajstić information content (AvgIpc) is 3.54. The van der Waals surface area contributed by atoms with E-state index in [-0.39, 0.29) is 17.5 Å². The quantitative estimate of drug-likeness (QED) is 0.536. The zero-order chi connectivity index (χ0) is 21.4. The minimum atomic E-state index is -0.194. The van der Waals surface area contributed by atoms with Gasteiger partial charge in [0.05, 0.1) is 19.7 Å². The summed E-state index contributed by atoms with van der Waals surface area (Å²) in [6.07, 6.45) is 6.77. The number of nitrogens with one attached hydrogen (secondary N) is 1. The second-order valence-electron chi connectivity index (χ2n) is 7.61. The maximum atomic E-state index is 13.3. The highest BCUT2D eigenvalue weighted by molar-refractivity contribution is 5.98. The van der Waals surface area contributed by atoms with Gasteiger partial charge >= 0.3 is 0 Å². The SMILES string of the molecule is COc1ccc2cc(C(=O)N3CCCC3Cn3nc(-n4ccnc4)ccc3=O)[nH]c2c1. The van der Waals surface area contributed by atoms with Crippen molar-refractivity contribution in [2.24, 2.45) is 0 Å². The molecule has 31 heavy (non-hydrogen) atoms. The molecule has 0 spiro atoms. The molecule has 1 N–H and O–H groups in total. The van der Waals surface area contributed by atoms with Crippen LogP contribution in [0.15, 0.2) is 59.9 Å². The Morgan fingerprint density at radius 3 is 2.97 bits per heavy atom. The Kier molecular flexibility index (Phi) is 4.78. The molecule has 1 atom stereocenters. The molecule has 4 heterocycles. The molecule has 9 heteroatoms. The van der Waals surface area contributed by atoms with E-state index in [0.29, 0.717) is 24.6 Å². The van der Waals surface area contributed by atoms with Crippen molar-refractivity contribution < 1.29 is 9.53 Å². The number of carbonyl (C=O) groups excluding carboxylic acids is 1. The van der Waals surface area contributed by atoms with Gasteiger partial charge in [-0.15, -0.1) is 0 Å². The molecule has 0 radical (unpaired) electrons. The third kappa shape index (κ3) is 3.58. The molecule has 9 nitrogen and oxygen atoms in total. The van der Waals surface area contributed by atoms with E-state index in [1.54, 1.807) is 36.5 Å². The summed E-state index contributed by atoms with van der Waals surface area (Å²) in [5.41, 5.74) is 1.19. The third-order valence-corrected chi connectivity index (χ3v) is 5.70. The molecule has 0 aliphatic carbocycles. The van der Waals surface area contributed by atoms with Gasteiger partial charge in [0, 0.05) is 42.0 Å². The summed E-state index contributed by atoms with van der Waals surface area (Å²) in [5.74, 6) is 1.27. The second-order valence-corrected chi connectivity index (χ2v) is 7.61. The fourth-order valence-corrected chi connectivity index (χ4v) is 4.10. The van der Waals surface area contributed by atoms with E-state index < -0.39 is 0 Å². The van der Waals surface area contributed by atoms with E-state index in [1.165, 1.54) is 10.7 Å². The van der Waals surface area contributed by atoms with Gasteiger partial charge in [-0.25, -0.2) is 9.67 Å². The molecular formula is C22H22N6O3. The van der Waals surface area contributed by atoms with Gasteiger partial charge in [0.1, 0.15) is 17.8 Å². The molecule has 1 aliphatic heterocycles. The second kappa shape index (κ2) is 7.75. The summed E-state index contributed by atoms with van der Waals surface area (Å²) in [4.78, 5) is 34.7. The number of fused-ring (bicyclic) bond motifs is 1. The van der Waals surface area contributed by atoms with Crippen LogP contribution < -0.4 is 10.3 Å². The van der Waals surface area contributed by atoms with Crippen molar-refractivity contribution >= 4 is 16.8 Å². The monoisotopic (exact) mass is 418 g/mol. The minimum absolute atomic E-state index is 0.0727. The highest BCUT2D eigenvalue weighted by Crippen LogP contribution is 2.25. The fraction of sp³-hybridized carbons (Fsp3) is 0.273. The number of rotatable bonds is 5. The molecule has 1 amide bonds. The number of hydrogen-bond donors (Lipinski definition) is 1. The van der Waals surface area contributed by atoms with Crippen molar-refractivity contribution in [3.05, 3.63) is 71.2 Å². The molecule has 3 aromatic heterocycles. The van der Waals surface area contributed by atoms with Crippen molar-refractivity contribution in [2.75, 3.05) is 13.7 Å². The lowest BCUT2D eigenvalue weighted by molar-refractivity contribution is 0.0715. The fourth-order valence-electron chi connectivity index (χ4n) is 4.10. The minimum Gasteiger partial charge on any atom is -0.497 e. The van der Waals surface area contributed by atoms with Crippen LogP contribution in [0.2, 0.25) is 0 Å². The first-order valence-corrected chi connectivity index (χ1v) is 10.2. The van der Waals surface area contributed by atoms with Gasteiger partial charge in [0.25, 0.3) is 11.5 Å². The highest BCUT2D eigenvalue weighted by atomic mass is 16.5. The Hall–Kier alpha value is -3.88. The maximum Gasteiger partial charge on any atom is 0.270 e. The summed E-state index contributed by atoms with van der Waals surface area (Å²) in [6.45, 7) is 0.999. The summed E-state index contributed by atoms with van der Waals surface area (Å²) in [6, 6.07) is 10.6. The van der Waals surface area contributed by atoms with Gasteiger partial charge in [-0.1, -0.05) is 0 Å². The number of aromatic amines is 1. The van der Waals surface area contributed by atoms with Crippen molar-refractivity contribution in [3.8, 4) is 11.6 Å². The number of methoxy groups -OCH3 is 1. The summed E-state index contributed by atoms with van der Waals surface area (Å²) in [7, 11) is 1.61. The number of amides is 1. The Balaban J connectivity index is 1.39. The molecule has 0 saturated carbocycles. The third-order valence-electron chi connectivity index (χ3n) is 5.70. The number of ether oxygens (including phenoxy) is 1. The molecule has 1 aliphatic rings. The van der Waals surface area contributed by atoms with E-state index in [2.05, 4.69) is 15.1 Å². The van der Waals surface area contributed by atoms with Crippen LogP contribution in [0.25, 0.3) is 16.7 Å². The summed E-state index contributed by atoms with van der Waals surface area (Å²) < 4.78 is 8.44. The van der Waals surface area contributed by atoms with Crippen LogP contribution in [0.4, 0.5) is 0 Å². The number of aromatic nitrogens is 5. The zero-order valence-corrected chi connectivity index (χ0v) is 17.1. The largest absolute Gasteiger partial charge is 0.497 e. The van der Waals surface area contributed by atoms with Gasteiger partial charge in [0.2, 0.25) is 0 Å². The number of hydrogen-bond acceptors (Lipinski definition) is 5. The maximum absolute atomic E-state index is 13.3. The number of nitrogens with zero attached hydrogens (tertiary/aromatic N) is 5. The normalized spacial score (nSPS) is 16.2. The van der Waals surface area contributed by atoms with Gasteiger partial charge in [-0.2, -0.15) is 5.10 Å². The van der Waals surface area contributed by atoms with Crippen LogP contribution in [0, 0.1) is 0 Å². The van der Waals surface area contributed by atoms with Crippen LogP contribution in [0.3, 0.4) is 0 Å². The first-order chi connectivity index (χ1) is 15.1. The molecule has 158 valence electrons. The van der Waals surface area contributed by atoms with E-state index >= 15 is 0 Å². The Labute approximate surface area is 177 Å². The number of carbonyl (C=O) groups is 1. The van der Waals surface area contributed by atoms with Crippen molar-refractivity contribution in [2.45, 2.75) is 25.4 Å². The molecule has 1 fully saturated rings. The van der Waals surface area contributed by atoms with Crippen molar-refractivity contribution in [1.29, 1.82) is 0 Å². The summed E-state index contributed by atoms with van der Waals surface area (Å²) >= 11 is 0. The number of likely N-dealkylation sites (tertiary alicyclic amines) is 1. The number of benzene rings is 1. The predicted molar refractivity (Wildman–Crippen MR) is 115 cm³/mol. The van der Waals surface area contributed by atoms with E-state index in [4.69, 9.17) is 4.74 Å². The molecule has 5 rings (SSSR count). The number of H-pyrrole nitrogens is 1. The predicted octanol–water partition coefficient (Wildman–Crippen LogP) is 2.22. The number of imidazole rings is 1. The molecule has 1 saturated heterocycles. The van der Waals surface area contributed by atoms with Gasteiger partial charge in [-0.05, 0) is 37.1 Å². The van der Waals surface area contributed by atoms with E-state index in [9.17, 15) is 9.59 Å². The van der Waals surface area contributed by atoms with E-state index in [0.717, 1.165) is 29.5 Å². The Bertz CT molecular complexity index is 1290. The first kappa shape index (κ1) is 19.1. The van der Waals surface area contributed by atoms with Gasteiger partial charge in [0.15, 0.2) is 5.82 Å². The van der Waals surface area contributed by atoms with Gasteiger partial charge in [-0.3, -0.25) is 14.2 Å². The van der Waals surface area contributed by atoms with Crippen LogP contribution in [0.1, 0.15) is 23.3 Å². The lowest BCUT2D eigenvalue weighted by atomic mass is 10.2. The molecule has 4 aromatic rings. The van der Waals surface area contributed by atoms with Crippen molar-refractivity contribution in [1.82, 2.24) is 29.2 Å². The van der Waals surface area contributed by atoms with Crippen LogP contribution in [-0.4, -0.2) is 54.8 Å². The lowest BCUT2D eigenvalue weighted by Gasteiger charge is -2.24. The standard InChI is InChI=1S/C22H22N6O3/c1-31-17-5-4-15-11-19(24-18(15)12-17)22(30)27-9-2-3-16(27)13-28-21(29)7-6-20(25-28)26-10-8-23-14-26/h4-8,10-12,14,16,24H,2-3,9,13H2,1H3. The highest BCUT2D eigenvalue weighted by Gasteiger charge is 2.31. The molecule has 0 bridgehead atoms. The topological polar surface area (TPSA) is 98.0 Å². The van der Waals surface area contributed by atoms with Crippen LogP contribution in [-0.2, 0) is 6.54 Å². The first-order valence-electron chi connectivity index (χ1n) is 10.2. The Morgan fingerprint density at radius 1 is 1.26 bits per heavy atom. The molecule has 1 aromatic carbocycles. The van der Waals surface area contributed by atoms with Crippen LogP contribution in [0.5, 0.6) is 5.75 Å². The zero-order valence-electron chi connectivity index (χ0n) is 17.1. The smallest absolute Gasteiger partial charge is 0.270 e. The van der Waals surface area contributed by atoms with E-state index in [1.807, 2.05) is 29.2 Å². The molecular weight excluding hydrogens is 396 g/mol. The van der Waals surface area contributed by atoms with Crippen molar-refractivity contribution in [3.63, 3.8) is 0 Å². The Morgan fingerprint density at radius 2 is 2.16 bits per heavy atom. The summed E-state index contributed by atoms with van der Waals surface area (Å²) in [5, 5.41) is 5.42. The average molecular weight is 418 g/mol. The van der Waals surface area contributed by atoms with Gasteiger partial charge < -0.3 is 14.6 Å².